The molecule has 0 spiro atoms. The minimum Gasteiger partial charge on any atom is -0.395 e. The molecule has 0 aliphatic carbocycles. The van der Waals surface area contributed by atoms with Gasteiger partial charge in [0.25, 0.3) is 0 Å². The molecule has 0 unspecified atom stereocenters. The first kappa shape index (κ1) is 14.8. The van der Waals surface area contributed by atoms with Crippen LogP contribution in [-0.4, -0.2) is 48.2 Å². The van der Waals surface area contributed by atoms with E-state index < -0.39 is 0 Å². The fourth-order valence-electron chi connectivity index (χ4n) is 1.52. The van der Waals surface area contributed by atoms with Gasteiger partial charge in [-0.2, -0.15) is 0 Å². The van der Waals surface area contributed by atoms with Crippen LogP contribution in [0.25, 0.3) is 0 Å². The van der Waals surface area contributed by atoms with Gasteiger partial charge in [0.05, 0.1) is 19.0 Å². The summed E-state index contributed by atoms with van der Waals surface area (Å²) in [6, 6.07) is 7.58. The number of carbonyl (C=O) groups excluding carboxylic acids is 1. The van der Waals surface area contributed by atoms with Crippen LogP contribution in [0.2, 0.25) is 0 Å². The van der Waals surface area contributed by atoms with Crippen molar-refractivity contribution in [2.75, 3.05) is 37.0 Å². The number of aliphatic hydroxyl groups excluding tert-OH is 2. The van der Waals surface area contributed by atoms with E-state index in [1.54, 1.807) is 0 Å². The molecule has 0 saturated carbocycles. The standard InChI is InChI=1S/C12H18N2O3S/c13-12(17)9-18-11-3-1-10(2-4-11)14(5-7-15)6-8-16/h1-4,15-16H,5-9H2,(H2,13,17). The molecule has 0 bridgehead atoms. The molecule has 18 heavy (non-hydrogen) atoms. The smallest absolute Gasteiger partial charge is 0.227 e. The minimum atomic E-state index is -0.341. The Bertz CT molecular complexity index is 364. The number of anilines is 1. The third-order valence-corrected chi connectivity index (χ3v) is 3.36. The number of rotatable bonds is 8. The van der Waals surface area contributed by atoms with E-state index in [2.05, 4.69) is 0 Å². The van der Waals surface area contributed by atoms with Gasteiger partial charge >= 0.3 is 0 Å². The Morgan fingerprint density at radius 2 is 1.72 bits per heavy atom. The van der Waals surface area contributed by atoms with Crippen molar-refractivity contribution in [3.05, 3.63) is 24.3 Å². The summed E-state index contributed by atoms with van der Waals surface area (Å²) < 4.78 is 0. The van der Waals surface area contributed by atoms with Crippen molar-refractivity contribution in [3.8, 4) is 0 Å². The van der Waals surface area contributed by atoms with Crippen molar-refractivity contribution < 1.29 is 15.0 Å². The van der Waals surface area contributed by atoms with Crippen LogP contribution in [0.1, 0.15) is 0 Å². The lowest BCUT2D eigenvalue weighted by Gasteiger charge is -2.23. The van der Waals surface area contributed by atoms with Gasteiger partial charge < -0.3 is 20.8 Å². The average molecular weight is 270 g/mol. The van der Waals surface area contributed by atoms with Gasteiger partial charge in [-0.15, -0.1) is 11.8 Å². The maximum atomic E-state index is 10.7. The molecule has 6 heteroatoms. The van der Waals surface area contributed by atoms with Gasteiger partial charge in [0.1, 0.15) is 0 Å². The molecule has 0 radical (unpaired) electrons. The van der Waals surface area contributed by atoms with Crippen LogP contribution in [0.5, 0.6) is 0 Å². The number of carbonyl (C=O) groups is 1. The van der Waals surface area contributed by atoms with E-state index in [0.717, 1.165) is 10.6 Å². The van der Waals surface area contributed by atoms with Crippen molar-refractivity contribution in [1.82, 2.24) is 0 Å². The Kier molecular flexibility index (Phi) is 6.56. The average Bonchev–Trinajstić information content (AvgIpc) is 2.37. The lowest BCUT2D eigenvalue weighted by atomic mass is 10.3. The molecule has 1 aromatic carbocycles. The van der Waals surface area contributed by atoms with Crippen molar-refractivity contribution in [2.24, 2.45) is 5.73 Å². The van der Waals surface area contributed by atoms with Gasteiger partial charge in [0, 0.05) is 23.7 Å². The summed E-state index contributed by atoms with van der Waals surface area (Å²) in [7, 11) is 0. The predicted octanol–water partition coefficient (Wildman–Crippen LogP) is 0.0550. The summed E-state index contributed by atoms with van der Waals surface area (Å²) in [5, 5.41) is 17.9. The van der Waals surface area contributed by atoms with E-state index >= 15 is 0 Å². The third kappa shape index (κ3) is 4.95. The monoisotopic (exact) mass is 270 g/mol. The number of primary amides is 1. The number of hydrogen-bond donors (Lipinski definition) is 3. The van der Waals surface area contributed by atoms with Crippen LogP contribution in [0.4, 0.5) is 5.69 Å². The molecule has 0 fully saturated rings. The molecule has 100 valence electrons. The molecule has 5 nitrogen and oxygen atoms in total. The molecule has 0 atom stereocenters. The number of amides is 1. The minimum absolute atomic E-state index is 0.0399. The lowest BCUT2D eigenvalue weighted by molar-refractivity contribution is -0.115. The van der Waals surface area contributed by atoms with E-state index in [1.807, 2.05) is 29.2 Å². The second-order valence-electron chi connectivity index (χ2n) is 3.68. The Morgan fingerprint density at radius 1 is 1.17 bits per heavy atom. The summed E-state index contributed by atoms with van der Waals surface area (Å²) in [5.74, 6) is -0.0812. The second kappa shape index (κ2) is 7.97. The fraction of sp³-hybridized carbons (Fsp3) is 0.417. The topological polar surface area (TPSA) is 86.8 Å². The van der Waals surface area contributed by atoms with Gasteiger partial charge in [-0.1, -0.05) is 0 Å². The van der Waals surface area contributed by atoms with E-state index in [0.29, 0.717) is 13.1 Å². The van der Waals surface area contributed by atoms with Crippen molar-refractivity contribution in [3.63, 3.8) is 0 Å². The maximum absolute atomic E-state index is 10.7. The zero-order chi connectivity index (χ0) is 13.4. The fourth-order valence-corrected chi connectivity index (χ4v) is 2.16. The number of benzene rings is 1. The summed E-state index contributed by atoms with van der Waals surface area (Å²) in [6.07, 6.45) is 0. The number of aliphatic hydroxyl groups is 2. The van der Waals surface area contributed by atoms with Gasteiger partial charge in [-0.3, -0.25) is 4.79 Å². The number of thioether (sulfide) groups is 1. The van der Waals surface area contributed by atoms with Crippen LogP contribution >= 0.6 is 11.8 Å². The van der Waals surface area contributed by atoms with Crippen molar-refractivity contribution in [1.29, 1.82) is 0 Å². The van der Waals surface area contributed by atoms with Gasteiger partial charge in [0.2, 0.25) is 5.91 Å². The third-order valence-electron chi connectivity index (χ3n) is 2.32. The highest BCUT2D eigenvalue weighted by Crippen LogP contribution is 2.21. The first-order valence-corrected chi connectivity index (χ1v) is 6.63. The normalized spacial score (nSPS) is 10.3. The molecule has 0 aromatic heterocycles. The zero-order valence-corrected chi connectivity index (χ0v) is 10.9. The highest BCUT2D eigenvalue weighted by atomic mass is 32.2. The lowest BCUT2D eigenvalue weighted by Crippen LogP contribution is -2.29. The van der Waals surface area contributed by atoms with Crippen molar-refractivity contribution >= 4 is 23.4 Å². The van der Waals surface area contributed by atoms with E-state index in [9.17, 15) is 4.79 Å². The van der Waals surface area contributed by atoms with Gasteiger partial charge in [0.15, 0.2) is 0 Å². The first-order chi connectivity index (χ1) is 8.67. The number of hydrogen-bond acceptors (Lipinski definition) is 5. The van der Waals surface area contributed by atoms with Gasteiger partial charge in [-0.25, -0.2) is 0 Å². The molecule has 1 rings (SSSR count). The van der Waals surface area contributed by atoms with Crippen LogP contribution < -0.4 is 10.6 Å². The number of nitrogens with zero attached hydrogens (tertiary/aromatic N) is 1. The molecule has 1 amide bonds. The zero-order valence-electron chi connectivity index (χ0n) is 10.1. The van der Waals surface area contributed by atoms with Crippen LogP contribution in [0.15, 0.2) is 29.2 Å². The van der Waals surface area contributed by atoms with Gasteiger partial charge in [-0.05, 0) is 24.3 Å². The molecular weight excluding hydrogens is 252 g/mol. The SMILES string of the molecule is NC(=O)CSc1ccc(N(CCO)CCO)cc1. The van der Waals surface area contributed by atoms with E-state index in [4.69, 9.17) is 15.9 Å². The molecule has 1 aromatic rings. The Labute approximate surface area is 111 Å². The molecule has 0 aliphatic rings. The van der Waals surface area contributed by atoms with Crippen molar-refractivity contribution in [2.45, 2.75) is 4.90 Å². The summed E-state index contributed by atoms with van der Waals surface area (Å²) in [4.78, 5) is 13.5. The van der Waals surface area contributed by atoms with E-state index in [1.165, 1.54) is 11.8 Å². The molecule has 0 heterocycles. The molecule has 4 N–H and O–H groups in total. The first-order valence-electron chi connectivity index (χ1n) is 5.65. The molecule has 0 saturated heterocycles. The second-order valence-corrected chi connectivity index (χ2v) is 4.73. The summed E-state index contributed by atoms with van der Waals surface area (Å²) >= 11 is 1.38. The quantitative estimate of drug-likeness (QED) is 0.581. The van der Waals surface area contributed by atoms with Crippen LogP contribution in [-0.2, 0) is 4.79 Å². The summed E-state index contributed by atoms with van der Waals surface area (Å²) in [5.41, 5.74) is 6.01. The Balaban J connectivity index is 2.64. The summed E-state index contributed by atoms with van der Waals surface area (Å²) in [6.45, 7) is 1.04. The maximum Gasteiger partial charge on any atom is 0.227 e. The van der Waals surface area contributed by atoms with Crippen LogP contribution in [0, 0.1) is 0 Å². The van der Waals surface area contributed by atoms with Crippen LogP contribution in [0.3, 0.4) is 0 Å². The van der Waals surface area contributed by atoms with E-state index in [-0.39, 0.29) is 24.9 Å². The molecular formula is C12H18N2O3S. The highest BCUT2D eigenvalue weighted by Gasteiger charge is 2.05. The highest BCUT2D eigenvalue weighted by molar-refractivity contribution is 8.00. The Morgan fingerprint density at radius 3 is 2.17 bits per heavy atom. The molecule has 0 aliphatic heterocycles. The Hall–Kier alpha value is -1.24. The predicted molar refractivity (Wildman–Crippen MR) is 72.7 cm³/mol. The largest absolute Gasteiger partial charge is 0.395 e. The number of nitrogens with two attached hydrogens (primary N) is 1.